The molecule has 0 saturated carbocycles. The second-order valence-corrected chi connectivity index (χ2v) is 10.4. The van der Waals surface area contributed by atoms with E-state index < -0.39 is 12.0 Å². The summed E-state index contributed by atoms with van der Waals surface area (Å²) in [6, 6.07) is 19.9. The molecule has 9 nitrogen and oxygen atoms in total. The number of para-hydroxylation sites is 1. The molecule has 0 spiro atoms. The van der Waals surface area contributed by atoms with E-state index in [1.165, 1.54) is 29.2 Å². The number of esters is 1. The van der Waals surface area contributed by atoms with E-state index >= 15 is 0 Å². The van der Waals surface area contributed by atoms with Crippen molar-refractivity contribution in [3.05, 3.63) is 115 Å². The van der Waals surface area contributed by atoms with E-state index in [1.54, 1.807) is 25.3 Å². The number of carbonyl (C=O) groups is 1. The number of ether oxygens (including phenoxy) is 5. The van der Waals surface area contributed by atoms with Crippen LogP contribution in [0.4, 0.5) is 0 Å². The molecule has 0 fully saturated rings. The predicted octanol–water partition coefficient (Wildman–Crippen LogP) is 4.40. The number of benzene rings is 3. The molecule has 43 heavy (non-hydrogen) atoms. The Morgan fingerprint density at radius 3 is 2.42 bits per heavy atom. The van der Waals surface area contributed by atoms with Gasteiger partial charge in [0.2, 0.25) is 0 Å². The van der Waals surface area contributed by atoms with Crippen molar-refractivity contribution in [2.45, 2.75) is 26.5 Å². The van der Waals surface area contributed by atoms with Crippen molar-refractivity contribution in [1.29, 1.82) is 0 Å². The van der Waals surface area contributed by atoms with Crippen LogP contribution in [0.3, 0.4) is 0 Å². The number of nitrogens with zero attached hydrogens (tertiary/aromatic N) is 2. The van der Waals surface area contributed by atoms with Crippen LogP contribution in [-0.4, -0.2) is 38.0 Å². The molecule has 0 aliphatic carbocycles. The summed E-state index contributed by atoms with van der Waals surface area (Å²) in [7, 11) is 2.87. The van der Waals surface area contributed by atoms with E-state index in [4.69, 9.17) is 23.7 Å². The zero-order valence-corrected chi connectivity index (χ0v) is 25.2. The molecule has 0 saturated heterocycles. The lowest BCUT2D eigenvalue weighted by Gasteiger charge is -2.23. The minimum Gasteiger partial charge on any atom is -0.493 e. The van der Waals surface area contributed by atoms with Gasteiger partial charge < -0.3 is 23.7 Å². The van der Waals surface area contributed by atoms with E-state index in [0.717, 1.165) is 5.56 Å². The number of fused-ring (bicyclic) bond motifs is 1. The van der Waals surface area contributed by atoms with Crippen molar-refractivity contribution in [2.24, 2.45) is 4.99 Å². The molecular weight excluding hydrogens is 568 g/mol. The maximum Gasteiger partial charge on any atom is 0.337 e. The van der Waals surface area contributed by atoms with Gasteiger partial charge in [0.1, 0.15) is 6.61 Å². The average molecular weight is 601 g/mol. The quantitative estimate of drug-likeness (QED) is 0.236. The number of thiazole rings is 1. The highest BCUT2D eigenvalue weighted by atomic mass is 32.1. The molecule has 0 amide bonds. The van der Waals surface area contributed by atoms with Crippen molar-refractivity contribution >= 4 is 23.4 Å². The highest BCUT2D eigenvalue weighted by Gasteiger charge is 2.31. The van der Waals surface area contributed by atoms with Crippen molar-refractivity contribution in [3.8, 4) is 23.0 Å². The molecule has 1 atom stereocenters. The molecule has 1 aliphatic heterocycles. The van der Waals surface area contributed by atoms with E-state index in [0.29, 0.717) is 63.3 Å². The Morgan fingerprint density at radius 1 is 0.930 bits per heavy atom. The summed E-state index contributed by atoms with van der Waals surface area (Å²) in [5, 5.41) is 0. The van der Waals surface area contributed by atoms with E-state index in [9.17, 15) is 9.59 Å². The Bertz CT molecular complexity index is 1830. The maximum absolute atomic E-state index is 14.1. The summed E-state index contributed by atoms with van der Waals surface area (Å²) in [5.74, 6) is 1.56. The number of methoxy groups -OCH3 is 2. The van der Waals surface area contributed by atoms with Crippen LogP contribution >= 0.6 is 11.3 Å². The Morgan fingerprint density at radius 2 is 1.70 bits per heavy atom. The first-order valence-electron chi connectivity index (χ1n) is 13.8. The van der Waals surface area contributed by atoms with Crippen LogP contribution in [-0.2, 0) is 16.1 Å². The molecule has 1 aromatic heterocycles. The van der Waals surface area contributed by atoms with E-state index in [2.05, 4.69) is 4.99 Å². The third-order valence-corrected chi connectivity index (χ3v) is 7.75. The molecular formula is C33H32N2O7S. The van der Waals surface area contributed by atoms with Gasteiger partial charge in [0.05, 0.1) is 43.6 Å². The fourth-order valence-electron chi connectivity index (χ4n) is 4.82. The molecule has 0 N–H and O–H groups in total. The van der Waals surface area contributed by atoms with Crippen LogP contribution in [0.5, 0.6) is 23.0 Å². The Hall–Kier alpha value is -4.83. The third kappa shape index (κ3) is 6.19. The minimum atomic E-state index is -0.792. The smallest absolute Gasteiger partial charge is 0.337 e. The van der Waals surface area contributed by atoms with E-state index in [-0.39, 0.29) is 11.1 Å². The summed E-state index contributed by atoms with van der Waals surface area (Å²) >= 11 is 1.22. The van der Waals surface area contributed by atoms with Gasteiger partial charge in [-0.15, -0.1) is 0 Å². The molecule has 0 bridgehead atoms. The predicted molar refractivity (Wildman–Crippen MR) is 164 cm³/mol. The van der Waals surface area contributed by atoms with Gasteiger partial charge in [-0.05, 0) is 49.2 Å². The Kier molecular flexibility index (Phi) is 9.26. The van der Waals surface area contributed by atoms with Gasteiger partial charge >= 0.3 is 5.97 Å². The Labute approximate surface area is 252 Å². The van der Waals surface area contributed by atoms with Gasteiger partial charge in [-0.3, -0.25) is 9.36 Å². The van der Waals surface area contributed by atoms with Crippen molar-refractivity contribution in [1.82, 2.24) is 4.57 Å². The molecule has 0 unspecified atom stereocenters. The first-order valence-corrected chi connectivity index (χ1v) is 14.6. The molecule has 222 valence electrons. The normalized spacial score (nSPS) is 14.3. The summed E-state index contributed by atoms with van der Waals surface area (Å²) in [5.41, 5.74) is 2.23. The fraction of sp³-hybridized carbons (Fsp3) is 0.242. The van der Waals surface area contributed by atoms with Crippen LogP contribution in [0.25, 0.3) is 6.08 Å². The summed E-state index contributed by atoms with van der Waals surface area (Å²) in [4.78, 5) is 31.9. The first kappa shape index (κ1) is 29.7. The van der Waals surface area contributed by atoms with Crippen molar-refractivity contribution in [2.75, 3.05) is 27.4 Å². The second-order valence-electron chi connectivity index (χ2n) is 9.40. The highest BCUT2D eigenvalue weighted by Crippen LogP contribution is 2.35. The van der Waals surface area contributed by atoms with Gasteiger partial charge in [-0.1, -0.05) is 59.9 Å². The second kappa shape index (κ2) is 13.4. The van der Waals surface area contributed by atoms with Gasteiger partial charge in [0.15, 0.2) is 27.8 Å². The zero-order chi connectivity index (χ0) is 30.3. The lowest BCUT2D eigenvalue weighted by molar-refractivity contribution is -0.136. The molecule has 1 aliphatic rings. The van der Waals surface area contributed by atoms with Crippen LogP contribution < -0.4 is 33.8 Å². The SMILES string of the molecule is CCOc1ccc([C@@H]2C(C(=O)OC)=CN=c3s/c(=C/c4cccc(OC)c4OCc4ccccc4)c(=O)n32)cc1OCC. The first-order chi connectivity index (χ1) is 21.0. The van der Waals surface area contributed by atoms with Crippen molar-refractivity contribution < 1.29 is 28.5 Å². The molecule has 3 aromatic carbocycles. The highest BCUT2D eigenvalue weighted by molar-refractivity contribution is 7.07. The number of rotatable bonds is 11. The zero-order valence-electron chi connectivity index (χ0n) is 24.4. The number of aromatic nitrogens is 1. The molecule has 0 radical (unpaired) electrons. The van der Waals surface area contributed by atoms with Crippen LogP contribution in [0.1, 0.15) is 36.6 Å². The summed E-state index contributed by atoms with van der Waals surface area (Å²) in [6.07, 6.45) is 3.22. The summed E-state index contributed by atoms with van der Waals surface area (Å²) in [6.45, 7) is 4.97. The fourth-order valence-corrected chi connectivity index (χ4v) is 5.78. The maximum atomic E-state index is 14.1. The Balaban J connectivity index is 1.63. The summed E-state index contributed by atoms with van der Waals surface area (Å²) < 4.78 is 30.3. The van der Waals surface area contributed by atoms with E-state index in [1.807, 2.05) is 68.4 Å². The number of hydrogen-bond donors (Lipinski definition) is 0. The van der Waals surface area contributed by atoms with Gasteiger partial charge in [-0.25, -0.2) is 9.79 Å². The lowest BCUT2D eigenvalue weighted by atomic mass is 9.97. The van der Waals surface area contributed by atoms with Crippen LogP contribution in [0, 0.1) is 0 Å². The monoisotopic (exact) mass is 600 g/mol. The largest absolute Gasteiger partial charge is 0.493 e. The molecule has 4 aromatic rings. The van der Waals surface area contributed by atoms with Gasteiger partial charge in [0, 0.05) is 11.8 Å². The van der Waals surface area contributed by atoms with Crippen LogP contribution in [0.2, 0.25) is 0 Å². The van der Waals surface area contributed by atoms with Gasteiger partial charge in [0.25, 0.3) is 5.56 Å². The minimum absolute atomic E-state index is 0.223. The third-order valence-electron chi connectivity index (χ3n) is 6.75. The molecule has 5 rings (SSSR count). The standard InChI is InChI=1S/C33H32N2O7S/c1-5-40-25-16-15-22(17-27(25)41-6-2)29-24(32(37)39-4)19-34-33-35(29)31(36)28(43-33)18-23-13-10-14-26(38-3)30(23)42-20-21-11-8-7-9-12-21/h7-19,29H,5-6,20H2,1-4H3/b28-18+/t29-/m1/s1. The molecule has 10 heteroatoms. The van der Waals surface area contributed by atoms with Gasteiger partial charge in [-0.2, -0.15) is 0 Å². The van der Waals surface area contributed by atoms with Crippen molar-refractivity contribution in [3.63, 3.8) is 0 Å². The number of hydrogen-bond acceptors (Lipinski definition) is 9. The number of carbonyl (C=O) groups excluding carboxylic acids is 1. The molecule has 2 heterocycles. The topological polar surface area (TPSA) is 97.6 Å². The lowest BCUT2D eigenvalue weighted by Crippen LogP contribution is -2.39. The average Bonchev–Trinajstić information content (AvgIpc) is 3.35. The van der Waals surface area contributed by atoms with Crippen LogP contribution in [0.15, 0.2) is 88.3 Å².